The van der Waals surface area contributed by atoms with E-state index >= 15 is 0 Å². The minimum absolute atomic E-state index is 0.594. The third-order valence-corrected chi connectivity index (χ3v) is 6.09. The van der Waals surface area contributed by atoms with Crippen LogP contribution in [0.5, 0.6) is 0 Å². The van der Waals surface area contributed by atoms with Gasteiger partial charge in [-0.1, -0.05) is 29.3 Å². The Kier molecular flexibility index (Phi) is 2.57. The number of hydrogen-bond acceptors (Lipinski definition) is 1. The van der Waals surface area contributed by atoms with Crippen LogP contribution >= 0.6 is 0 Å². The SMILES string of the molecule is CNC(c1cc(C)cc(C)c1)C1C2C3CCC(C3)C21. The van der Waals surface area contributed by atoms with Gasteiger partial charge >= 0.3 is 0 Å². The highest BCUT2D eigenvalue weighted by Gasteiger charge is 2.66. The summed E-state index contributed by atoms with van der Waals surface area (Å²) in [5.74, 6) is 5.18. The maximum Gasteiger partial charge on any atom is 0.0352 e. The van der Waals surface area contributed by atoms with Gasteiger partial charge in [-0.05, 0) is 75.3 Å². The van der Waals surface area contributed by atoms with Crippen LogP contribution in [-0.2, 0) is 0 Å². The van der Waals surface area contributed by atoms with Crippen molar-refractivity contribution in [2.24, 2.45) is 29.6 Å². The molecule has 4 rings (SSSR count). The van der Waals surface area contributed by atoms with E-state index in [1.165, 1.54) is 29.5 Å². The average Bonchev–Trinajstić information content (AvgIpc) is 2.79. The van der Waals surface area contributed by atoms with E-state index in [1.807, 2.05) is 0 Å². The molecule has 0 heterocycles. The summed E-state index contributed by atoms with van der Waals surface area (Å²) in [5.41, 5.74) is 4.34. The Hall–Kier alpha value is -0.820. The predicted octanol–water partition coefficient (Wildman–Crippen LogP) is 3.86. The third-order valence-electron chi connectivity index (χ3n) is 6.09. The Morgan fingerprint density at radius 2 is 1.58 bits per heavy atom. The first-order valence-corrected chi connectivity index (χ1v) is 7.94. The molecule has 0 aliphatic heterocycles. The summed E-state index contributed by atoms with van der Waals surface area (Å²) in [5, 5.41) is 3.63. The molecule has 1 N–H and O–H groups in total. The monoisotopic (exact) mass is 255 g/mol. The molecule has 0 radical (unpaired) electrons. The van der Waals surface area contributed by atoms with Crippen molar-refractivity contribution in [1.29, 1.82) is 0 Å². The summed E-state index contributed by atoms with van der Waals surface area (Å²) in [4.78, 5) is 0. The van der Waals surface area contributed by atoms with Crippen LogP contribution in [0.4, 0.5) is 0 Å². The van der Waals surface area contributed by atoms with Gasteiger partial charge in [-0.3, -0.25) is 0 Å². The molecule has 0 spiro atoms. The molecule has 3 saturated carbocycles. The van der Waals surface area contributed by atoms with E-state index in [9.17, 15) is 0 Å². The Morgan fingerprint density at radius 3 is 2.11 bits per heavy atom. The molecule has 5 unspecified atom stereocenters. The highest BCUT2D eigenvalue weighted by molar-refractivity contribution is 5.33. The zero-order valence-electron chi connectivity index (χ0n) is 12.3. The quantitative estimate of drug-likeness (QED) is 0.865. The second-order valence-electron chi connectivity index (χ2n) is 7.25. The van der Waals surface area contributed by atoms with Crippen LogP contribution in [0.2, 0.25) is 0 Å². The first-order chi connectivity index (χ1) is 9.19. The van der Waals surface area contributed by atoms with Gasteiger partial charge in [0.15, 0.2) is 0 Å². The van der Waals surface area contributed by atoms with E-state index < -0.39 is 0 Å². The minimum atomic E-state index is 0.594. The number of aryl methyl sites for hydroxylation is 2. The van der Waals surface area contributed by atoms with Crippen LogP contribution in [-0.4, -0.2) is 7.05 Å². The fraction of sp³-hybridized carbons (Fsp3) is 0.667. The molecule has 3 fully saturated rings. The Labute approximate surface area is 116 Å². The van der Waals surface area contributed by atoms with Gasteiger partial charge in [0.2, 0.25) is 0 Å². The molecule has 5 atom stereocenters. The summed E-state index contributed by atoms with van der Waals surface area (Å²) >= 11 is 0. The van der Waals surface area contributed by atoms with Crippen molar-refractivity contribution >= 4 is 0 Å². The lowest BCUT2D eigenvalue weighted by atomic mass is 9.91. The zero-order valence-corrected chi connectivity index (χ0v) is 12.3. The van der Waals surface area contributed by atoms with E-state index in [0.717, 1.165) is 29.6 Å². The van der Waals surface area contributed by atoms with Gasteiger partial charge in [0.25, 0.3) is 0 Å². The van der Waals surface area contributed by atoms with Crippen LogP contribution in [0, 0.1) is 43.4 Å². The van der Waals surface area contributed by atoms with Gasteiger partial charge in [-0.25, -0.2) is 0 Å². The van der Waals surface area contributed by atoms with E-state index in [1.54, 1.807) is 6.42 Å². The Morgan fingerprint density at radius 1 is 1.00 bits per heavy atom. The largest absolute Gasteiger partial charge is 0.313 e. The number of rotatable bonds is 3. The molecule has 102 valence electrons. The molecule has 1 heteroatoms. The summed E-state index contributed by atoms with van der Waals surface area (Å²) in [6.07, 6.45) is 4.59. The van der Waals surface area contributed by atoms with E-state index in [4.69, 9.17) is 0 Å². The summed E-state index contributed by atoms with van der Waals surface area (Å²) < 4.78 is 0. The van der Waals surface area contributed by atoms with Crippen molar-refractivity contribution in [1.82, 2.24) is 5.32 Å². The molecular weight excluding hydrogens is 230 g/mol. The second kappa shape index (κ2) is 4.09. The molecule has 0 saturated heterocycles. The first kappa shape index (κ1) is 12.0. The van der Waals surface area contributed by atoms with Crippen LogP contribution in [0.15, 0.2) is 18.2 Å². The lowest BCUT2D eigenvalue weighted by molar-refractivity contribution is 0.385. The van der Waals surface area contributed by atoms with E-state index in [-0.39, 0.29) is 0 Å². The Balaban J connectivity index is 1.62. The lowest BCUT2D eigenvalue weighted by Gasteiger charge is -2.21. The number of hydrogen-bond donors (Lipinski definition) is 1. The predicted molar refractivity (Wildman–Crippen MR) is 79.0 cm³/mol. The maximum absolute atomic E-state index is 3.63. The summed E-state index contributed by atoms with van der Waals surface area (Å²) in [7, 11) is 2.15. The zero-order chi connectivity index (χ0) is 13.1. The molecule has 2 bridgehead atoms. The van der Waals surface area contributed by atoms with Crippen molar-refractivity contribution in [2.45, 2.75) is 39.2 Å². The smallest absolute Gasteiger partial charge is 0.0352 e. The summed E-state index contributed by atoms with van der Waals surface area (Å²) in [6.45, 7) is 4.45. The average molecular weight is 255 g/mol. The fourth-order valence-electron chi connectivity index (χ4n) is 5.61. The van der Waals surface area contributed by atoms with Crippen molar-refractivity contribution < 1.29 is 0 Å². The molecule has 1 nitrogen and oxygen atoms in total. The Bertz CT molecular complexity index is 470. The van der Waals surface area contributed by atoms with Crippen molar-refractivity contribution in [3.63, 3.8) is 0 Å². The summed E-state index contributed by atoms with van der Waals surface area (Å²) in [6, 6.07) is 7.67. The first-order valence-electron chi connectivity index (χ1n) is 7.94. The third kappa shape index (κ3) is 1.71. The molecule has 3 aliphatic rings. The van der Waals surface area contributed by atoms with Crippen molar-refractivity contribution in [3.05, 3.63) is 34.9 Å². The van der Waals surface area contributed by atoms with Gasteiger partial charge < -0.3 is 5.32 Å². The molecule has 1 aromatic rings. The van der Waals surface area contributed by atoms with E-state index in [0.29, 0.717) is 6.04 Å². The van der Waals surface area contributed by atoms with Gasteiger partial charge in [-0.2, -0.15) is 0 Å². The van der Waals surface area contributed by atoms with Crippen molar-refractivity contribution in [2.75, 3.05) is 7.05 Å². The van der Waals surface area contributed by atoms with Crippen LogP contribution < -0.4 is 5.32 Å². The number of nitrogens with one attached hydrogen (secondary N) is 1. The lowest BCUT2D eigenvalue weighted by Crippen LogP contribution is -2.22. The van der Waals surface area contributed by atoms with Gasteiger partial charge in [0, 0.05) is 6.04 Å². The normalized spacial score (nSPS) is 40.3. The van der Waals surface area contributed by atoms with Crippen molar-refractivity contribution in [3.8, 4) is 0 Å². The maximum atomic E-state index is 3.63. The highest BCUT2D eigenvalue weighted by Crippen LogP contribution is 2.72. The molecule has 0 amide bonds. The van der Waals surface area contributed by atoms with Crippen LogP contribution in [0.3, 0.4) is 0 Å². The number of benzene rings is 1. The standard InChI is InChI=1S/C18H25N/c1-10-6-11(2)8-14(7-10)18(19-3)17-15-12-4-5-13(9-12)16(15)17/h6-8,12-13,15-19H,4-5,9H2,1-3H3. The van der Waals surface area contributed by atoms with Gasteiger partial charge in [0.05, 0.1) is 0 Å². The number of fused-ring (bicyclic) bond motifs is 5. The minimum Gasteiger partial charge on any atom is -0.313 e. The molecule has 19 heavy (non-hydrogen) atoms. The van der Waals surface area contributed by atoms with Crippen LogP contribution in [0.25, 0.3) is 0 Å². The highest BCUT2D eigenvalue weighted by atomic mass is 14.9. The molecular formula is C18H25N. The molecule has 1 aromatic carbocycles. The topological polar surface area (TPSA) is 12.0 Å². The molecule has 3 aliphatic carbocycles. The van der Waals surface area contributed by atoms with Crippen LogP contribution in [0.1, 0.15) is 42.0 Å². The second-order valence-corrected chi connectivity index (χ2v) is 7.25. The van der Waals surface area contributed by atoms with E-state index in [2.05, 4.69) is 44.4 Å². The van der Waals surface area contributed by atoms with Gasteiger partial charge in [0.1, 0.15) is 0 Å². The fourth-order valence-corrected chi connectivity index (χ4v) is 5.61. The van der Waals surface area contributed by atoms with Gasteiger partial charge in [-0.15, -0.1) is 0 Å². The molecule has 0 aromatic heterocycles.